The molecule has 1 unspecified atom stereocenters. The van der Waals surface area contributed by atoms with E-state index < -0.39 is 0 Å². The second-order valence-corrected chi connectivity index (χ2v) is 4.29. The predicted molar refractivity (Wildman–Crippen MR) is 74.0 cm³/mol. The lowest BCUT2D eigenvalue weighted by molar-refractivity contribution is 0.0169. The minimum atomic E-state index is -0.128. The molecule has 1 aliphatic rings. The third kappa shape index (κ3) is 3.89. The Bertz CT molecular complexity index is 392. The van der Waals surface area contributed by atoms with E-state index in [2.05, 4.69) is 5.32 Å². The average molecular weight is 271 g/mol. The lowest BCUT2D eigenvalue weighted by atomic mass is 10.1. The van der Waals surface area contributed by atoms with E-state index in [1.165, 1.54) is 6.42 Å². The Labute approximate surface area is 113 Å². The molecule has 18 heavy (non-hydrogen) atoms. The summed E-state index contributed by atoms with van der Waals surface area (Å²) in [7, 11) is 0. The van der Waals surface area contributed by atoms with Crippen LogP contribution in [0.25, 0.3) is 0 Å². The van der Waals surface area contributed by atoms with Crippen LogP contribution in [0, 0.1) is 0 Å². The van der Waals surface area contributed by atoms with Crippen molar-refractivity contribution in [3.8, 4) is 0 Å². The van der Waals surface area contributed by atoms with Crippen molar-refractivity contribution in [1.82, 2.24) is 5.32 Å². The summed E-state index contributed by atoms with van der Waals surface area (Å²) >= 11 is 0. The molecule has 0 radical (unpaired) electrons. The minimum Gasteiger partial charge on any atom is -0.398 e. The maximum absolute atomic E-state index is 11.9. The zero-order chi connectivity index (χ0) is 12.1. The molecule has 1 aromatic rings. The normalized spacial score (nSPS) is 18.8. The fourth-order valence-corrected chi connectivity index (χ4v) is 1.97. The van der Waals surface area contributed by atoms with E-state index in [-0.39, 0.29) is 24.4 Å². The number of anilines is 1. The van der Waals surface area contributed by atoms with Crippen molar-refractivity contribution in [2.45, 2.75) is 25.4 Å². The van der Waals surface area contributed by atoms with Crippen LogP contribution in [0.4, 0.5) is 5.69 Å². The number of carbonyl (C=O) groups excluding carboxylic acids is 1. The van der Waals surface area contributed by atoms with Gasteiger partial charge in [0.05, 0.1) is 11.7 Å². The maximum atomic E-state index is 11.9. The molecule has 1 amide bonds. The van der Waals surface area contributed by atoms with Gasteiger partial charge < -0.3 is 15.8 Å². The van der Waals surface area contributed by atoms with Crippen molar-refractivity contribution < 1.29 is 9.53 Å². The Hall–Kier alpha value is -1.26. The van der Waals surface area contributed by atoms with Crippen molar-refractivity contribution in [2.75, 3.05) is 18.9 Å². The minimum absolute atomic E-state index is 0. The summed E-state index contributed by atoms with van der Waals surface area (Å²) in [6.07, 6.45) is 3.46. The highest BCUT2D eigenvalue weighted by molar-refractivity contribution is 5.99. The van der Waals surface area contributed by atoms with E-state index >= 15 is 0 Å². The van der Waals surface area contributed by atoms with E-state index in [0.29, 0.717) is 17.8 Å². The number of hydrogen-bond donors (Lipinski definition) is 2. The summed E-state index contributed by atoms with van der Waals surface area (Å²) in [6, 6.07) is 7.08. The molecule has 1 aromatic carbocycles. The highest BCUT2D eigenvalue weighted by Crippen LogP contribution is 2.13. The van der Waals surface area contributed by atoms with Crippen LogP contribution in [-0.2, 0) is 4.74 Å². The number of rotatable bonds is 3. The van der Waals surface area contributed by atoms with Gasteiger partial charge >= 0.3 is 0 Å². The van der Waals surface area contributed by atoms with Crippen LogP contribution in [0.3, 0.4) is 0 Å². The second-order valence-electron chi connectivity index (χ2n) is 4.29. The number of ether oxygens (including phenoxy) is 1. The SMILES string of the molecule is Cl.Nc1ccccc1C(=O)NCC1CCCCO1. The van der Waals surface area contributed by atoms with E-state index in [4.69, 9.17) is 10.5 Å². The lowest BCUT2D eigenvalue weighted by Crippen LogP contribution is -2.35. The zero-order valence-corrected chi connectivity index (χ0v) is 11.0. The van der Waals surface area contributed by atoms with Gasteiger partial charge in [0, 0.05) is 18.8 Å². The van der Waals surface area contributed by atoms with Gasteiger partial charge in [-0.25, -0.2) is 0 Å². The van der Waals surface area contributed by atoms with Gasteiger partial charge in [0.15, 0.2) is 0 Å². The molecule has 0 spiro atoms. The first-order valence-electron chi connectivity index (χ1n) is 6.01. The van der Waals surface area contributed by atoms with Crippen LogP contribution in [0.2, 0.25) is 0 Å². The van der Waals surface area contributed by atoms with Crippen molar-refractivity contribution in [1.29, 1.82) is 0 Å². The van der Waals surface area contributed by atoms with Crippen LogP contribution in [-0.4, -0.2) is 25.2 Å². The average Bonchev–Trinajstić information content (AvgIpc) is 2.38. The Kier molecular flexibility index (Phi) is 5.95. The number of carbonyl (C=O) groups is 1. The summed E-state index contributed by atoms with van der Waals surface area (Å²) < 4.78 is 5.55. The standard InChI is InChI=1S/C13H18N2O2.ClH/c14-12-7-2-1-6-11(12)13(16)15-9-10-5-3-4-8-17-10;/h1-2,6-7,10H,3-5,8-9,14H2,(H,15,16);1H. The third-order valence-electron chi connectivity index (χ3n) is 2.97. The van der Waals surface area contributed by atoms with Gasteiger partial charge in [-0.1, -0.05) is 12.1 Å². The summed E-state index contributed by atoms with van der Waals surface area (Å²) in [5, 5.41) is 2.87. The Morgan fingerprint density at radius 2 is 2.17 bits per heavy atom. The molecule has 2 rings (SSSR count). The van der Waals surface area contributed by atoms with Gasteiger partial charge in [0.1, 0.15) is 0 Å². The molecule has 3 N–H and O–H groups in total. The molecule has 100 valence electrons. The molecular formula is C13H19ClN2O2. The van der Waals surface area contributed by atoms with Gasteiger partial charge in [-0.3, -0.25) is 4.79 Å². The molecule has 1 heterocycles. The zero-order valence-electron chi connectivity index (χ0n) is 10.2. The van der Waals surface area contributed by atoms with Crippen molar-refractivity contribution in [3.63, 3.8) is 0 Å². The fourth-order valence-electron chi connectivity index (χ4n) is 1.97. The monoisotopic (exact) mass is 270 g/mol. The van der Waals surface area contributed by atoms with Crippen LogP contribution in [0.15, 0.2) is 24.3 Å². The highest BCUT2D eigenvalue weighted by atomic mass is 35.5. The van der Waals surface area contributed by atoms with Crippen LogP contribution >= 0.6 is 12.4 Å². The molecular weight excluding hydrogens is 252 g/mol. The quantitative estimate of drug-likeness (QED) is 0.826. The Balaban J connectivity index is 0.00000162. The smallest absolute Gasteiger partial charge is 0.253 e. The lowest BCUT2D eigenvalue weighted by Gasteiger charge is -2.22. The van der Waals surface area contributed by atoms with Gasteiger partial charge in [-0.2, -0.15) is 0 Å². The maximum Gasteiger partial charge on any atom is 0.253 e. The topological polar surface area (TPSA) is 64.4 Å². The second kappa shape index (κ2) is 7.24. The largest absolute Gasteiger partial charge is 0.398 e. The summed E-state index contributed by atoms with van der Waals surface area (Å²) in [5.41, 5.74) is 6.78. The van der Waals surface area contributed by atoms with Gasteiger partial charge in [0.25, 0.3) is 5.91 Å². The van der Waals surface area contributed by atoms with E-state index in [0.717, 1.165) is 19.4 Å². The highest BCUT2D eigenvalue weighted by Gasteiger charge is 2.15. The van der Waals surface area contributed by atoms with Gasteiger partial charge in [0.2, 0.25) is 0 Å². The molecule has 4 nitrogen and oxygen atoms in total. The summed E-state index contributed by atoms with van der Waals surface area (Å²) in [4.78, 5) is 11.9. The van der Waals surface area contributed by atoms with E-state index in [9.17, 15) is 4.79 Å². The van der Waals surface area contributed by atoms with Crippen LogP contribution in [0.5, 0.6) is 0 Å². The van der Waals surface area contributed by atoms with Crippen LogP contribution in [0.1, 0.15) is 29.6 Å². The Morgan fingerprint density at radius 3 is 2.83 bits per heavy atom. The summed E-state index contributed by atoms with van der Waals surface area (Å²) in [6.45, 7) is 1.36. The number of nitrogens with one attached hydrogen (secondary N) is 1. The predicted octanol–water partition coefficient (Wildman–Crippen LogP) is 1.99. The molecule has 0 saturated carbocycles. The number of nitrogen functional groups attached to an aromatic ring is 1. The number of amides is 1. The number of halogens is 1. The first kappa shape index (κ1) is 14.8. The molecule has 0 aliphatic carbocycles. The summed E-state index contributed by atoms with van der Waals surface area (Å²) in [5.74, 6) is -0.128. The van der Waals surface area contributed by atoms with E-state index in [1.807, 2.05) is 12.1 Å². The van der Waals surface area contributed by atoms with Gasteiger partial charge in [-0.05, 0) is 31.4 Å². The molecule has 0 bridgehead atoms. The molecule has 1 aliphatic heterocycles. The molecule has 0 aromatic heterocycles. The van der Waals surface area contributed by atoms with Gasteiger partial charge in [-0.15, -0.1) is 12.4 Å². The Morgan fingerprint density at radius 1 is 1.39 bits per heavy atom. The first-order chi connectivity index (χ1) is 8.27. The number of hydrogen-bond acceptors (Lipinski definition) is 3. The molecule has 1 saturated heterocycles. The fraction of sp³-hybridized carbons (Fsp3) is 0.462. The first-order valence-corrected chi connectivity index (χ1v) is 6.01. The molecule has 1 atom stereocenters. The number of nitrogens with two attached hydrogens (primary N) is 1. The number of benzene rings is 1. The van der Waals surface area contributed by atoms with E-state index in [1.54, 1.807) is 12.1 Å². The van der Waals surface area contributed by atoms with Crippen molar-refractivity contribution >= 4 is 24.0 Å². The third-order valence-corrected chi connectivity index (χ3v) is 2.97. The molecule has 1 fully saturated rings. The van der Waals surface area contributed by atoms with Crippen molar-refractivity contribution in [3.05, 3.63) is 29.8 Å². The van der Waals surface area contributed by atoms with Crippen molar-refractivity contribution in [2.24, 2.45) is 0 Å². The molecule has 5 heteroatoms. The number of para-hydroxylation sites is 1. The van der Waals surface area contributed by atoms with Crippen LogP contribution < -0.4 is 11.1 Å².